The zero-order chi connectivity index (χ0) is 26.2. The number of ketones is 1. The van der Waals surface area contributed by atoms with E-state index in [1.165, 1.54) is 25.7 Å². The summed E-state index contributed by atoms with van der Waals surface area (Å²) in [7, 11) is -2.47. The van der Waals surface area contributed by atoms with E-state index >= 15 is 4.39 Å². The Morgan fingerprint density at radius 3 is 2.46 bits per heavy atom. The largest absolute Gasteiger partial charge is 0.467 e. The number of halogens is 2. The predicted octanol–water partition coefficient (Wildman–Crippen LogP) is 4.61. The minimum Gasteiger partial charge on any atom is -0.467 e. The van der Waals surface area contributed by atoms with Gasteiger partial charge in [-0.15, -0.1) is 0 Å². The van der Waals surface area contributed by atoms with Gasteiger partial charge in [-0.25, -0.2) is 32.2 Å². The van der Waals surface area contributed by atoms with E-state index in [4.69, 9.17) is 4.74 Å². The summed E-state index contributed by atoms with van der Waals surface area (Å²) < 4.78 is 63.0. The van der Waals surface area contributed by atoms with Gasteiger partial charge in [0.1, 0.15) is 11.5 Å². The molecule has 0 spiro atoms. The quantitative estimate of drug-likeness (QED) is 0.336. The number of carbonyl (C=O) groups is 1. The number of anilines is 1. The third-order valence-corrected chi connectivity index (χ3v) is 8.33. The number of methoxy groups -OCH3 is 1. The van der Waals surface area contributed by atoms with Crippen LogP contribution in [-0.2, 0) is 10.0 Å². The molecule has 3 aromatic heterocycles. The van der Waals surface area contributed by atoms with Crippen molar-refractivity contribution in [1.29, 1.82) is 0 Å². The summed E-state index contributed by atoms with van der Waals surface area (Å²) in [4.78, 5) is 28.6. The van der Waals surface area contributed by atoms with Gasteiger partial charge in [-0.1, -0.05) is 19.3 Å². The molecule has 9 nitrogen and oxygen atoms in total. The maximum atomic E-state index is 15.4. The number of carbonyl (C=O) groups excluding carboxylic acids is 1. The number of ether oxygens (including phenoxy) is 1. The number of fused-ring (bicyclic) bond motifs is 1. The molecule has 1 aliphatic rings. The van der Waals surface area contributed by atoms with Crippen molar-refractivity contribution in [3.8, 4) is 17.1 Å². The van der Waals surface area contributed by atoms with Crippen LogP contribution in [0.15, 0.2) is 43.0 Å². The van der Waals surface area contributed by atoms with Crippen LogP contribution in [0, 0.1) is 11.6 Å². The third-order valence-electron chi connectivity index (χ3n) is 6.48. The second-order valence-electron chi connectivity index (χ2n) is 8.80. The highest BCUT2D eigenvalue weighted by atomic mass is 32.2. The van der Waals surface area contributed by atoms with E-state index in [1.54, 1.807) is 12.3 Å². The highest BCUT2D eigenvalue weighted by Gasteiger charge is 2.30. The van der Waals surface area contributed by atoms with Crippen LogP contribution in [0.25, 0.3) is 22.2 Å². The van der Waals surface area contributed by atoms with Gasteiger partial charge in [0.25, 0.3) is 0 Å². The van der Waals surface area contributed by atoms with E-state index in [2.05, 4.69) is 24.7 Å². The molecule has 0 unspecified atom stereocenters. The van der Waals surface area contributed by atoms with Crippen molar-refractivity contribution < 1.29 is 26.7 Å². The molecule has 1 aliphatic carbocycles. The lowest BCUT2D eigenvalue weighted by atomic mass is 10.0. The Kier molecular flexibility index (Phi) is 6.59. The van der Waals surface area contributed by atoms with Crippen LogP contribution in [-0.4, -0.2) is 46.5 Å². The summed E-state index contributed by atoms with van der Waals surface area (Å²) in [6, 6.07) is 3.67. The summed E-state index contributed by atoms with van der Waals surface area (Å²) in [6.07, 6.45) is 9.30. The molecule has 0 amide bonds. The van der Waals surface area contributed by atoms with Crippen molar-refractivity contribution in [2.45, 2.75) is 37.4 Å². The number of pyridine rings is 1. The minimum absolute atomic E-state index is 0.0242. The fourth-order valence-corrected chi connectivity index (χ4v) is 6.09. The second kappa shape index (κ2) is 9.85. The number of hydrogen-bond acceptors (Lipinski definition) is 7. The van der Waals surface area contributed by atoms with Gasteiger partial charge in [0.05, 0.1) is 23.6 Å². The number of nitrogens with one attached hydrogen (secondary N) is 2. The first-order chi connectivity index (χ1) is 17.8. The van der Waals surface area contributed by atoms with Crippen LogP contribution in [0.2, 0.25) is 0 Å². The molecular weight excluding hydrogens is 504 g/mol. The molecule has 0 atom stereocenters. The molecule has 0 bridgehead atoms. The summed E-state index contributed by atoms with van der Waals surface area (Å²) >= 11 is 0. The molecule has 0 radical (unpaired) electrons. The van der Waals surface area contributed by atoms with E-state index in [1.807, 2.05) is 0 Å². The highest BCUT2D eigenvalue weighted by molar-refractivity contribution is 7.93. The number of rotatable bonds is 7. The number of hydrogen-bond donors (Lipinski definition) is 2. The average molecular weight is 528 g/mol. The molecule has 1 aromatic carbocycles. The predicted molar refractivity (Wildman–Crippen MR) is 133 cm³/mol. The number of H-pyrrole nitrogens is 1. The Balaban J connectivity index is 1.50. The lowest BCUT2D eigenvalue weighted by Gasteiger charge is -2.22. The van der Waals surface area contributed by atoms with Crippen molar-refractivity contribution in [3.63, 3.8) is 0 Å². The van der Waals surface area contributed by atoms with E-state index in [-0.39, 0.29) is 11.6 Å². The monoisotopic (exact) mass is 527 g/mol. The summed E-state index contributed by atoms with van der Waals surface area (Å²) in [6.45, 7) is 0. The minimum atomic E-state index is -3.90. The Morgan fingerprint density at radius 2 is 1.76 bits per heavy atom. The zero-order valence-corrected chi connectivity index (χ0v) is 20.6. The smallest absolute Gasteiger partial charge is 0.316 e. The molecule has 192 valence electrons. The van der Waals surface area contributed by atoms with E-state index < -0.39 is 43.9 Å². The molecule has 3 heterocycles. The topological polar surface area (TPSA) is 127 Å². The van der Waals surface area contributed by atoms with Gasteiger partial charge in [-0.2, -0.15) is 0 Å². The van der Waals surface area contributed by atoms with Crippen molar-refractivity contribution in [2.75, 3.05) is 11.8 Å². The fraction of sp³-hybridized carbons (Fsp3) is 0.280. The van der Waals surface area contributed by atoms with Gasteiger partial charge >= 0.3 is 6.01 Å². The Bertz CT molecular complexity index is 1580. The van der Waals surface area contributed by atoms with Gasteiger partial charge in [0.2, 0.25) is 15.8 Å². The standard InChI is InChI=1S/C25H23F2N5O4S/c1-36-25-30-11-15(12-31-25)14-9-17-18(13-29-24(17)28-10-14)23(33)21-19(26)7-8-20(22(21)27)32-37(34,35)16-5-3-2-4-6-16/h7-13,16,32H,2-6H2,1H3,(H,28,29). The van der Waals surface area contributed by atoms with Crippen molar-refractivity contribution in [2.24, 2.45) is 0 Å². The second-order valence-corrected chi connectivity index (χ2v) is 10.8. The number of aromatic nitrogens is 4. The molecule has 5 rings (SSSR count). The maximum absolute atomic E-state index is 15.4. The molecule has 1 fully saturated rings. The van der Waals surface area contributed by atoms with Crippen molar-refractivity contribution >= 4 is 32.5 Å². The molecule has 2 N–H and O–H groups in total. The van der Waals surface area contributed by atoms with Crippen LogP contribution < -0.4 is 9.46 Å². The molecule has 4 aromatic rings. The van der Waals surface area contributed by atoms with Gasteiger partial charge in [-0.3, -0.25) is 9.52 Å². The lowest BCUT2D eigenvalue weighted by Crippen LogP contribution is -2.30. The molecular formula is C25H23F2N5O4S. The number of aromatic amines is 1. The third kappa shape index (κ3) is 4.76. The number of sulfonamides is 1. The van der Waals surface area contributed by atoms with Crippen molar-refractivity contribution in [1.82, 2.24) is 19.9 Å². The number of benzene rings is 1. The molecule has 1 saturated carbocycles. The van der Waals surface area contributed by atoms with E-state index in [9.17, 15) is 17.6 Å². The summed E-state index contributed by atoms with van der Waals surface area (Å²) in [5.74, 6) is -3.33. The zero-order valence-electron chi connectivity index (χ0n) is 19.8. The van der Waals surface area contributed by atoms with Crippen LogP contribution >= 0.6 is 0 Å². The lowest BCUT2D eigenvalue weighted by molar-refractivity contribution is 0.103. The van der Waals surface area contributed by atoms with Gasteiger partial charge in [0, 0.05) is 46.9 Å². The van der Waals surface area contributed by atoms with Crippen LogP contribution in [0.4, 0.5) is 14.5 Å². The summed E-state index contributed by atoms with van der Waals surface area (Å²) in [5, 5.41) is -0.338. The Labute approximate surface area is 211 Å². The Hall–Kier alpha value is -3.93. The van der Waals surface area contributed by atoms with E-state index in [0.29, 0.717) is 35.0 Å². The van der Waals surface area contributed by atoms with Crippen LogP contribution in [0.3, 0.4) is 0 Å². The maximum Gasteiger partial charge on any atom is 0.316 e. The molecule has 12 heteroatoms. The fourth-order valence-electron chi connectivity index (χ4n) is 4.51. The number of nitrogens with zero attached hydrogens (tertiary/aromatic N) is 3. The normalized spacial score (nSPS) is 14.6. The van der Waals surface area contributed by atoms with Gasteiger partial charge in [0.15, 0.2) is 5.82 Å². The first kappa shape index (κ1) is 24.8. The van der Waals surface area contributed by atoms with Gasteiger partial charge < -0.3 is 9.72 Å². The molecule has 37 heavy (non-hydrogen) atoms. The highest BCUT2D eigenvalue weighted by Crippen LogP contribution is 2.31. The summed E-state index contributed by atoms with van der Waals surface area (Å²) in [5.41, 5.74) is 0.137. The first-order valence-corrected chi connectivity index (χ1v) is 13.2. The molecule has 0 aliphatic heterocycles. The van der Waals surface area contributed by atoms with E-state index in [0.717, 1.165) is 31.4 Å². The van der Waals surface area contributed by atoms with Crippen LogP contribution in [0.1, 0.15) is 48.0 Å². The van der Waals surface area contributed by atoms with Crippen molar-refractivity contribution in [3.05, 3.63) is 65.7 Å². The first-order valence-electron chi connectivity index (χ1n) is 11.7. The van der Waals surface area contributed by atoms with Crippen LogP contribution in [0.5, 0.6) is 6.01 Å². The average Bonchev–Trinajstić information content (AvgIpc) is 3.34. The SMILES string of the molecule is COc1ncc(-c2cnc3[nH]cc(C(=O)c4c(F)ccc(NS(=O)(=O)C5CCCCC5)c4F)c3c2)cn1. The Morgan fingerprint density at radius 1 is 1.05 bits per heavy atom. The van der Waals surface area contributed by atoms with Gasteiger partial charge in [-0.05, 0) is 31.0 Å². The molecule has 0 saturated heterocycles.